The number of pyridine rings is 1. The van der Waals surface area contributed by atoms with Gasteiger partial charge in [-0.25, -0.2) is 33.1 Å². The Bertz CT molecular complexity index is 1830. The van der Waals surface area contributed by atoms with E-state index < -0.39 is 17.3 Å². The SMILES string of the molecule is C=CC(=O)N1CCN2c3nc(=O)n(-c4cncnc4C4CC4)c4nc(-c5cccc(F)c5F)c(Cl)c(c34)OC[C@H]2C1. The van der Waals surface area contributed by atoms with Crippen molar-refractivity contribution in [3.05, 3.63) is 76.2 Å². The molecule has 0 unspecified atom stereocenters. The number of aromatic nitrogens is 5. The average Bonchev–Trinajstić information content (AvgIpc) is 3.84. The summed E-state index contributed by atoms with van der Waals surface area (Å²) >= 11 is 6.84. The number of amides is 1. The van der Waals surface area contributed by atoms with Crippen LogP contribution in [0.3, 0.4) is 0 Å². The summed E-state index contributed by atoms with van der Waals surface area (Å²) in [6, 6.07) is 3.32. The van der Waals surface area contributed by atoms with E-state index in [4.69, 9.17) is 16.3 Å². The second kappa shape index (κ2) is 9.58. The zero-order valence-corrected chi connectivity index (χ0v) is 22.3. The summed E-state index contributed by atoms with van der Waals surface area (Å²) in [6.07, 6.45) is 6.00. The third-order valence-electron chi connectivity index (χ3n) is 7.70. The molecule has 0 spiro atoms. The molecule has 10 nitrogen and oxygen atoms in total. The second-order valence-corrected chi connectivity index (χ2v) is 10.5. The van der Waals surface area contributed by atoms with E-state index in [1.54, 1.807) is 4.90 Å². The molecular weight excluding hydrogens is 556 g/mol. The Labute approximate surface area is 236 Å². The molecule has 208 valence electrons. The normalized spacial score (nSPS) is 18.1. The first kappa shape index (κ1) is 25.5. The molecular formula is C28H22ClF2N7O3. The van der Waals surface area contributed by atoms with Gasteiger partial charge in [-0.2, -0.15) is 4.98 Å². The van der Waals surface area contributed by atoms with Crippen molar-refractivity contribution >= 4 is 34.4 Å². The van der Waals surface area contributed by atoms with Crippen molar-refractivity contribution in [1.82, 2.24) is 29.4 Å². The Morgan fingerprint density at radius 3 is 2.80 bits per heavy atom. The van der Waals surface area contributed by atoms with Crippen molar-refractivity contribution in [3.63, 3.8) is 0 Å². The molecule has 1 amide bonds. The van der Waals surface area contributed by atoms with Gasteiger partial charge in [0.15, 0.2) is 23.0 Å². The third-order valence-corrected chi connectivity index (χ3v) is 8.05. The molecule has 0 radical (unpaired) electrons. The van der Waals surface area contributed by atoms with E-state index in [1.165, 1.54) is 35.3 Å². The summed E-state index contributed by atoms with van der Waals surface area (Å²) in [5.41, 5.74) is 0.226. The van der Waals surface area contributed by atoms with Crippen molar-refractivity contribution in [2.24, 2.45) is 0 Å². The molecule has 1 aromatic carbocycles. The van der Waals surface area contributed by atoms with Gasteiger partial charge in [0.05, 0.1) is 29.3 Å². The van der Waals surface area contributed by atoms with Gasteiger partial charge in [-0.3, -0.25) is 4.79 Å². The Morgan fingerprint density at radius 2 is 2.02 bits per heavy atom. The van der Waals surface area contributed by atoms with Gasteiger partial charge >= 0.3 is 5.69 Å². The molecule has 1 aliphatic carbocycles. The van der Waals surface area contributed by atoms with Crippen molar-refractivity contribution in [2.75, 3.05) is 31.1 Å². The molecule has 7 rings (SSSR count). The highest BCUT2D eigenvalue weighted by Crippen LogP contribution is 2.46. The molecule has 2 aliphatic heterocycles. The van der Waals surface area contributed by atoms with Gasteiger partial charge in [-0.15, -0.1) is 0 Å². The van der Waals surface area contributed by atoms with E-state index in [0.29, 0.717) is 36.4 Å². The number of hydrogen-bond donors (Lipinski definition) is 0. The fraction of sp³-hybridized carbons (Fsp3) is 0.286. The first-order chi connectivity index (χ1) is 19.9. The van der Waals surface area contributed by atoms with Crippen molar-refractivity contribution in [3.8, 4) is 22.7 Å². The predicted octanol–water partition coefficient (Wildman–Crippen LogP) is 3.64. The first-order valence-corrected chi connectivity index (χ1v) is 13.5. The maximum atomic E-state index is 15.1. The van der Waals surface area contributed by atoms with E-state index in [0.717, 1.165) is 18.9 Å². The second-order valence-electron chi connectivity index (χ2n) is 10.2. The first-order valence-electron chi connectivity index (χ1n) is 13.1. The highest BCUT2D eigenvalue weighted by atomic mass is 35.5. The number of carbonyl (C=O) groups is 1. The average molecular weight is 578 g/mol. The fourth-order valence-corrected chi connectivity index (χ4v) is 5.86. The minimum absolute atomic E-state index is 0.0548. The van der Waals surface area contributed by atoms with Gasteiger partial charge in [0.1, 0.15) is 29.2 Å². The quantitative estimate of drug-likeness (QED) is 0.339. The van der Waals surface area contributed by atoms with Crippen LogP contribution in [0.2, 0.25) is 5.02 Å². The number of ether oxygens (including phenoxy) is 1. The van der Waals surface area contributed by atoms with E-state index in [-0.39, 0.29) is 58.0 Å². The van der Waals surface area contributed by atoms with E-state index in [2.05, 4.69) is 26.5 Å². The minimum atomic E-state index is -1.14. The van der Waals surface area contributed by atoms with Crippen LogP contribution in [-0.4, -0.2) is 67.6 Å². The van der Waals surface area contributed by atoms with Gasteiger partial charge in [0.2, 0.25) is 5.91 Å². The van der Waals surface area contributed by atoms with Crippen molar-refractivity contribution in [2.45, 2.75) is 24.8 Å². The Hall–Kier alpha value is -4.45. The van der Waals surface area contributed by atoms with E-state index in [1.807, 2.05) is 4.90 Å². The number of fused-ring (bicyclic) bond motifs is 2. The number of rotatable bonds is 4. The summed E-state index contributed by atoms with van der Waals surface area (Å²) in [6.45, 7) is 4.68. The molecule has 2 fully saturated rings. The van der Waals surface area contributed by atoms with Crippen LogP contribution in [0.15, 0.2) is 48.2 Å². The third kappa shape index (κ3) is 4.04. The van der Waals surface area contributed by atoms with Crippen LogP contribution in [-0.2, 0) is 4.79 Å². The topological polar surface area (TPSA) is 106 Å². The van der Waals surface area contributed by atoms with Crippen LogP contribution in [0, 0.1) is 11.6 Å². The van der Waals surface area contributed by atoms with Crippen molar-refractivity contribution < 1.29 is 18.3 Å². The summed E-state index contributed by atoms with van der Waals surface area (Å²) in [5, 5.41) is 0.285. The van der Waals surface area contributed by atoms with E-state index >= 15 is 4.39 Å². The van der Waals surface area contributed by atoms with Crippen LogP contribution < -0.4 is 15.3 Å². The molecule has 0 bridgehead atoms. The van der Waals surface area contributed by atoms with Crippen LogP contribution >= 0.6 is 11.6 Å². The number of benzene rings is 1. The number of halogens is 3. The van der Waals surface area contributed by atoms with Crippen LogP contribution in [0.4, 0.5) is 14.6 Å². The monoisotopic (exact) mass is 577 g/mol. The van der Waals surface area contributed by atoms with Gasteiger partial charge in [-0.05, 0) is 31.1 Å². The Morgan fingerprint density at radius 1 is 1.20 bits per heavy atom. The maximum Gasteiger partial charge on any atom is 0.355 e. The molecule has 1 saturated heterocycles. The molecule has 1 atom stereocenters. The van der Waals surface area contributed by atoms with Crippen LogP contribution in [0.5, 0.6) is 5.75 Å². The zero-order chi connectivity index (χ0) is 28.4. The lowest BCUT2D eigenvalue weighted by Gasteiger charge is -2.40. The largest absolute Gasteiger partial charge is 0.489 e. The zero-order valence-electron chi connectivity index (χ0n) is 21.6. The molecule has 3 aliphatic rings. The smallest absolute Gasteiger partial charge is 0.355 e. The molecule has 1 saturated carbocycles. The molecule has 0 N–H and O–H groups in total. The number of anilines is 1. The van der Waals surface area contributed by atoms with Crippen LogP contribution in [0.1, 0.15) is 24.5 Å². The van der Waals surface area contributed by atoms with E-state index in [9.17, 15) is 14.0 Å². The Kier molecular flexibility index (Phi) is 5.96. The lowest BCUT2D eigenvalue weighted by molar-refractivity contribution is -0.126. The summed E-state index contributed by atoms with van der Waals surface area (Å²) in [7, 11) is 0. The lowest BCUT2D eigenvalue weighted by Crippen LogP contribution is -2.56. The Balaban J connectivity index is 1.53. The summed E-state index contributed by atoms with van der Waals surface area (Å²) in [5.74, 6) is -1.87. The van der Waals surface area contributed by atoms with Gasteiger partial charge < -0.3 is 14.5 Å². The molecule has 13 heteroatoms. The van der Waals surface area contributed by atoms with Crippen molar-refractivity contribution in [1.29, 1.82) is 0 Å². The fourth-order valence-electron chi connectivity index (χ4n) is 5.57. The molecule has 4 aromatic rings. The predicted molar refractivity (Wildman–Crippen MR) is 146 cm³/mol. The number of carbonyl (C=O) groups excluding carboxylic acids is 1. The maximum absolute atomic E-state index is 15.1. The number of hydrogen-bond acceptors (Lipinski definition) is 8. The minimum Gasteiger partial charge on any atom is -0.489 e. The highest BCUT2D eigenvalue weighted by Gasteiger charge is 2.38. The molecule has 3 aromatic heterocycles. The molecule has 41 heavy (non-hydrogen) atoms. The summed E-state index contributed by atoms with van der Waals surface area (Å²) in [4.78, 5) is 47.5. The molecule has 5 heterocycles. The van der Waals surface area contributed by atoms with Crippen LogP contribution in [0.25, 0.3) is 28.0 Å². The number of nitrogens with zero attached hydrogens (tertiary/aromatic N) is 7. The lowest BCUT2D eigenvalue weighted by atomic mass is 10.1. The van der Waals surface area contributed by atoms with Gasteiger partial charge in [0.25, 0.3) is 0 Å². The summed E-state index contributed by atoms with van der Waals surface area (Å²) < 4.78 is 36.9. The highest BCUT2D eigenvalue weighted by molar-refractivity contribution is 6.36. The van der Waals surface area contributed by atoms with Gasteiger partial charge in [-0.1, -0.05) is 24.2 Å². The standard InChI is InChI=1S/C28H22ClF2N7O3/c1-2-19(39)36-8-9-37-15(11-36)12-41-25-20-26(37)35-28(40)38(18-10-32-13-33-23(18)14-6-7-14)27(20)34-24(21(25)29)16-4-3-5-17(30)22(16)31/h2-5,10,13-15H,1,6-9,11-12H2/t15-/m1/s1. The van der Waals surface area contributed by atoms with Gasteiger partial charge in [0, 0.05) is 31.1 Å². The number of piperazine rings is 1.